The van der Waals surface area contributed by atoms with Crippen LogP contribution in [0.15, 0.2) is 53.1 Å². The van der Waals surface area contributed by atoms with Gasteiger partial charge in [0.05, 0.1) is 5.92 Å². The van der Waals surface area contributed by atoms with Gasteiger partial charge < -0.3 is 14.3 Å². The van der Waals surface area contributed by atoms with Crippen LogP contribution in [0.2, 0.25) is 0 Å². The Morgan fingerprint density at radius 3 is 2.44 bits per heavy atom. The smallest absolute Gasteiger partial charge is 0.249 e. The lowest BCUT2D eigenvalue weighted by molar-refractivity contribution is -0.137. The average Bonchev–Trinajstić information content (AvgIpc) is 3.54. The van der Waals surface area contributed by atoms with Gasteiger partial charge in [-0.15, -0.1) is 0 Å². The lowest BCUT2D eigenvalue weighted by atomic mass is 10.1. The summed E-state index contributed by atoms with van der Waals surface area (Å²) in [5, 5.41) is 4.14. The quantitative estimate of drug-likeness (QED) is 0.623. The summed E-state index contributed by atoms with van der Waals surface area (Å²) in [5.74, 6) is 0.615. The second-order valence-corrected chi connectivity index (χ2v) is 8.75. The number of rotatable bonds is 4. The molecule has 0 aliphatic carbocycles. The summed E-state index contributed by atoms with van der Waals surface area (Å²) in [5.41, 5.74) is 4.03. The number of aromatic nitrogens is 2. The number of aryl methyl sites for hydroxylation is 2. The number of amides is 2. The van der Waals surface area contributed by atoms with Gasteiger partial charge in [0.1, 0.15) is 6.04 Å². The molecule has 7 nitrogen and oxygen atoms in total. The van der Waals surface area contributed by atoms with Crippen molar-refractivity contribution in [2.24, 2.45) is 5.92 Å². The van der Waals surface area contributed by atoms with Crippen LogP contribution in [0.3, 0.4) is 0 Å². The fourth-order valence-corrected chi connectivity index (χ4v) is 4.56. The molecule has 2 aromatic carbocycles. The van der Waals surface area contributed by atoms with Gasteiger partial charge >= 0.3 is 0 Å². The molecule has 32 heavy (non-hydrogen) atoms. The van der Waals surface area contributed by atoms with Crippen LogP contribution in [0.5, 0.6) is 0 Å². The molecule has 3 aromatic rings. The second kappa shape index (κ2) is 8.22. The molecule has 5 rings (SSSR count). The van der Waals surface area contributed by atoms with E-state index in [1.807, 2.05) is 67.3 Å². The Bertz CT molecular complexity index is 1140. The van der Waals surface area contributed by atoms with Crippen LogP contribution in [0.1, 0.15) is 42.3 Å². The van der Waals surface area contributed by atoms with Crippen molar-refractivity contribution in [2.75, 3.05) is 18.0 Å². The van der Waals surface area contributed by atoms with Crippen LogP contribution in [-0.4, -0.2) is 39.9 Å². The van der Waals surface area contributed by atoms with E-state index in [2.05, 4.69) is 10.1 Å². The van der Waals surface area contributed by atoms with E-state index in [4.69, 9.17) is 4.52 Å². The molecule has 1 aromatic heterocycles. The van der Waals surface area contributed by atoms with E-state index in [0.29, 0.717) is 24.8 Å². The minimum atomic E-state index is -0.358. The molecule has 0 spiro atoms. The van der Waals surface area contributed by atoms with Crippen molar-refractivity contribution in [3.05, 3.63) is 65.5 Å². The third-order valence-electron chi connectivity index (χ3n) is 6.39. The predicted octanol–water partition coefficient (Wildman–Crippen LogP) is 4.07. The van der Waals surface area contributed by atoms with Gasteiger partial charge in [0.25, 0.3) is 0 Å². The minimum Gasteiger partial charge on any atom is -0.337 e. The Hall–Kier alpha value is -3.48. The fraction of sp³-hybridized carbons (Fsp3) is 0.360. The third-order valence-corrected chi connectivity index (χ3v) is 6.39. The van der Waals surface area contributed by atoms with Crippen molar-refractivity contribution in [1.29, 1.82) is 0 Å². The predicted molar refractivity (Wildman–Crippen MR) is 120 cm³/mol. The minimum absolute atomic E-state index is 0.00875. The lowest BCUT2D eigenvalue weighted by Gasteiger charge is -2.25. The number of anilines is 1. The molecule has 2 aliphatic heterocycles. The summed E-state index contributed by atoms with van der Waals surface area (Å²) in [6.45, 7) is 5.09. The Labute approximate surface area is 187 Å². The molecule has 7 heteroatoms. The van der Waals surface area contributed by atoms with E-state index >= 15 is 0 Å². The van der Waals surface area contributed by atoms with Crippen LogP contribution in [-0.2, 0) is 9.59 Å². The molecule has 0 bridgehead atoms. The first-order valence-corrected chi connectivity index (χ1v) is 11.1. The first-order chi connectivity index (χ1) is 15.5. The van der Waals surface area contributed by atoms with Crippen LogP contribution in [0.25, 0.3) is 11.4 Å². The summed E-state index contributed by atoms with van der Waals surface area (Å²) >= 11 is 0. The van der Waals surface area contributed by atoms with Crippen molar-refractivity contribution in [2.45, 2.75) is 39.2 Å². The van der Waals surface area contributed by atoms with E-state index in [1.165, 1.54) is 0 Å². The zero-order valence-electron chi connectivity index (χ0n) is 18.3. The zero-order chi connectivity index (χ0) is 22.2. The van der Waals surface area contributed by atoms with E-state index < -0.39 is 0 Å². The highest BCUT2D eigenvalue weighted by Crippen LogP contribution is 2.35. The molecule has 2 amide bonds. The molecule has 2 saturated heterocycles. The van der Waals surface area contributed by atoms with Gasteiger partial charge in [-0.1, -0.05) is 52.7 Å². The van der Waals surface area contributed by atoms with Crippen LogP contribution in [0.4, 0.5) is 5.69 Å². The number of hydrogen-bond acceptors (Lipinski definition) is 5. The number of hydrogen-bond donors (Lipinski definition) is 0. The summed E-state index contributed by atoms with van der Waals surface area (Å²) in [6, 6.07) is 15.5. The van der Waals surface area contributed by atoms with E-state index in [1.54, 1.807) is 4.90 Å². The van der Waals surface area contributed by atoms with Crippen LogP contribution < -0.4 is 4.90 Å². The van der Waals surface area contributed by atoms with Crippen molar-refractivity contribution in [3.63, 3.8) is 0 Å². The Balaban J connectivity index is 1.31. The van der Waals surface area contributed by atoms with Gasteiger partial charge in [0.2, 0.25) is 23.5 Å². The molecule has 2 atom stereocenters. The number of carbonyl (C=O) groups is 2. The van der Waals surface area contributed by atoms with Crippen LogP contribution >= 0.6 is 0 Å². The summed E-state index contributed by atoms with van der Waals surface area (Å²) in [6.07, 6.45) is 1.89. The molecule has 164 valence electrons. The SMILES string of the molecule is Cc1ccc(-c2noc([C@H]3CCCN3C(=O)[C@@H]3CC(=O)N(c4ccc(C)cc4)C3)n2)cc1. The average molecular weight is 431 g/mol. The number of benzene rings is 2. The zero-order valence-corrected chi connectivity index (χ0v) is 18.3. The first kappa shape index (κ1) is 20.4. The number of likely N-dealkylation sites (tertiary alicyclic amines) is 1. The molecular weight excluding hydrogens is 404 g/mol. The molecule has 3 heterocycles. The van der Waals surface area contributed by atoms with E-state index in [9.17, 15) is 9.59 Å². The van der Waals surface area contributed by atoms with Gasteiger partial charge in [-0.2, -0.15) is 4.98 Å². The van der Waals surface area contributed by atoms with Gasteiger partial charge in [0.15, 0.2) is 0 Å². The molecular formula is C25H26N4O3. The third kappa shape index (κ3) is 3.79. The number of nitrogens with zero attached hydrogens (tertiary/aromatic N) is 4. The highest BCUT2D eigenvalue weighted by atomic mass is 16.5. The normalized spacial score (nSPS) is 20.9. The topological polar surface area (TPSA) is 79.5 Å². The molecule has 2 aliphatic rings. The highest BCUT2D eigenvalue weighted by Gasteiger charge is 2.42. The van der Waals surface area contributed by atoms with Crippen LogP contribution in [0, 0.1) is 19.8 Å². The van der Waals surface area contributed by atoms with Crippen molar-refractivity contribution < 1.29 is 14.1 Å². The van der Waals surface area contributed by atoms with Crippen molar-refractivity contribution in [1.82, 2.24) is 15.0 Å². The Morgan fingerprint density at radius 1 is 1.03 bits per heavy atom. The summed E-state index contributed by atoms with van der Waals surface area (Å²) in [7, 11) is 0. The first-order valence-electron chi connectivity index (χ1n) is 11.1. The van der Waals surface area contributed by atoms with Gasteiger partial charge in [-0.05, 0) is 38.8 Å². The van der Waals surface area contributed by atoms with Gasteiger partial charge in [-0.3, -0.25) is 9.59 Å². The lowest BCUT2D eigenvalue weighted by Crippen LogP contribution is -2.37. The Morgan fingerprint density at radius 2 is 1.72 bits per heavy atom. The maximum absolute atomic E-state index is 13.4. The Kier molecular flexibility index (Phi) is 5.25. The van der Waals surface area contributed by atoms with Gasteiger partial charge in [0, 0.05) is 30.8 Å². The molecule has 2 fully saturated rings. The largest absolute Gasteiger partial charge is 0.337 e. The van der Waals surface area contributed by atoms with Crippen molar-refractivity contribution in [3.8, 4) is 11.4 Å². The maximum atomic E-state index is 13.4. The fourth-order valence-electron chi connectivity index (χ4n) is 4.56. The summed E-state index contributed by atoms with van der Waals surface area (Å²) in [4.78, 5) is 34.1. The molecule has 0 radical (unpaired) electrons. The van der Waals surface area contributed by atoms with Crippen molar-refractivity contribution >= 4 is 17.5 Å². The van der Waals surface area contributed by atoms with E-state index in [-0.39, 0.29) is 30.2 Å². The maximum Gasteiger partial charge on any atom is 0.249 e. The summed E-state index contributed by atoms with van der Waals surface area (Å²) < 4.78 is 5.57. The van der Waals surface area contributed by atoms with E-state index in [0.717, 1.165) is 35.2 Å². The van der Waals surface area contributed by atoms with Gasteiger partial charge in [-0.25, -0.2) is 0 Å². The number of carbonyl (C=O) groups excluding carboxylic acids is 2. The molecule has 0 N–H and O–H groups in total. The molecule has 0 unspecified atom stereocenters. The molecule has 0 saturated carbocycles. The monoisotopic (exact) mass is 430 g/mol. The standard InChI is InChI=1S/C25H26N4O3/c1-16-5-9-18(10-6-16)23-26-24(32-27-23)21-4-3-13-28(21)25(31)19-14-22(30)29(15-19)20-11-7-17(2)8-12-20/h5-12,19,21H,3-4,13-15H2,1-2H3/t19-,21-/m1/s1. The second-order valence-electron chi connectivity index (χ2n) is 8.75. The highest BCUT2D eigenvalue weighted by molar-refractivity contribution is 6.00.